The van der Waals surface area contributed by atoms with Crippen LogP contribution in [0.3, 0.4) is 0 Å². The molecule has 2 fully saturated rings. The van der Waals surface area contributed by atoms with Gasteiger partial charge in [0.2, 0.25) is 0 Å². The number of rotatable bonds is 43. The molecule has 0 spiro atoms. The minimum atomic E-state index is 0. The Morgan fingerprint density at radius 1 is 0.500 bits per heavy atom. The predicted octanol–water partition coefficient (Wildman–Crippen LogP) is 17.4. The third-order valence-corrected chi connectivity index (χ3v) is 17.3. The van der Waals surface area contributed by atoms with E-state index < -0.39 is 0 Å². The Morgan fingerprint density at radius 3 is 1.30 bits per heavy atom. The number of benzene rings is 1. The molecule has 4 heteroatoms. The van der Waals surface area contributed by atoms with Crippen molar-refractivity contribution in [3.05, 3.63) is 60.2 Å². The van der Waals surface area contributed by atoms with Gasteiger partial charge in [0.1, 0.15) is 19.2 Å². The molecule has 0 bridgehead atoms. The van der Waals surface area contributed by atoms with Gasteiger partial charge in [0.25, 0.3) is 0 Å². The van der Waals surface area contributed by atoms with Crippen LogP contribution in [0.2, 0.25) is 0 Å². The van der Waals surface area contributed by atoms with Crippen molar-refractivity contribution < 1.29 is 37.9 Å². The highest BCUT2D eigenvalue weighted by molar-refractivity contribution is 5.14. The van der Waals surface area contributed by atoms with Gasteiger partial charge in [0.15, 0.2) is 0 Å². The summed E-state index contributed by atoms with van der Waals surface area (Å²) in [6.07, 6.45) is 55.7. The maximum Gasteiger partial charge on any atom is 0.130 e. The summed E-state index contributed by atoms with van der Waals surface area (Å²) in [4.78, 5) is 0. The summed E-state index contributed by atoms with van der Waals surface area (Å²) < 4.78 is 15.3. The quantitative estimate of drug-likeness (QED) is 0.0281. The number of halogens is 1. The number of ether oxygens (including phenoxy) is 2. The summed E-state index contributed by atoms with van der Waals surface area (Å²) in [7, 11) is 0. The molecule has 0 radical (unpaired) electrons. The average molecular weight is 1090 g/mol. The lowest BCUT2D eigenvalue weighted by Gasteiger charge is -2.59. The van der Waals surface area contributed by atoms with Crippen molar-refractivity contribution in [2.45, 2.75) is 298 Å². The van der Waals surface area contributed by atoms with Gasteiger partial charge >= 0.3 is 0 Å². The van der Waals surface area contributed by atoms with Gasteiger partial charge in [-0.2, -0.15) is 0 Å². The Bertz CT molecular complexity index is 1330. The molecule has 2 aliphatic rings. The molecule has 0 N–H and O–H groups in total. The monoisotopic (exact) mass is 1090 g/mol. The molecule has 3 rings (SSSR count). The van der Waals surface area contributed by atoms with Gasteiger partial charge in [-0.05, 0) is 114 Å². The number of allylic oxidation sites excluding steroid dienone is 4. The van der Waals surface area contributed by atoms with Crippen LogP contribution in [0.4, 0.5) is 0 Å². The molecule has 0 heterocycles. The summed E-state index contributed by atoms with van der Waals surface area (Å²) in [5.41, 5.74) is 1.52. The summed E-state index contributed by atoms with van der Waals surface area (Å²) >= 11 is 0. The molecule has 408 valence electrons. The van der Waals surface area contributed by atoms with Crippen LogP contribution in [0.1, 0.15) is 279 Å². The van der Waals surface area contributed by atoms with Crippen LogP contribution in [0.5, 0.6) is 0 Å². The molecule has 3 nitrogen and oxygen atoms in total. The second kappa shape index (κ2) is 42.5. The van der Waals surface area contributed by atoms with Crippen LogP contribution >= 0.6 is 0 Å². The van der Waals surface area contributed by atoms with Crippen molar-refractivity contribution in [3.63, 3.8) is 0 Å². The molecule has 2 aliphatic carbocycles. The zero-order valence-electron chi connectivity index (χ0n) is 48.1. The third-order valence-electron chi connectivity index (χ3n) is 17.3. The highest BCUT2D eigenvalue weighted by atomic mass is 127. The van der Waals surface area contributed by atoms with Crippen molar-refractivity contribution in [3.8, 4) is 0 Å². The number of quaternary nitrogens is 1. The second-order valence-corrected chi connectivity index (χ2v) is 24.2. The molecule has 1 aromatic rings. The highest BCUT2D eigenvalue weighted by Crippen LogP contribution is 2.48. The number of hydrogen-bond acceptors (Lipinski definition) is 2. The standard InChI is InChI=1S/C66H120NO2.HI/c1-9-11-13-15-17-19-21-23-25-27-29-31-33-35-37-42-50-68-56-62(69-51-43-38-36-34-32-30-28-26-24-22-20-18-16-14-12-10-2)55-67(54-61-44-40-39-41-45-61,65-52-59(7)46-48-63(65)57(3)4)66-53-60(8)47-49-64(66)58(5)6;/h23-26,39-41,44-45,57-60,62-66H,9-22,27-38,42-43,46-56H2,1-8H3;1H/q+1;/p-1/b25-23-,26-24-;. The van der Waals surface area contributed by atoms with Crippen LogP contribution in [0.15, 0.2) is 54.6 Å². The van der Waals surface area contributed by atoms with Crippen LogP contribution in [0, 0.1) is 35.5 Å². The smallest absolute Gasteiger partial charge is 0.130 e. The van der Waals surface area contributed by atoms with Crippen LogP contribution in [0.25, 0.3) is 0 Å². The summed E-state index contributed by atoms with van der Waals surface area (Å²) in [6, 6.07) is 13.0. The van der Waals surface area contributed by atoms with E-state index in [0.29, 0.717) is 23.9 Å². The van der Waals surface area contributed by atoms with E-state index in [2.05, 4.69) is 110 Å². The van der Waals surface area contributed by atoms with Crippen molar-refractivity contribution in [2.75, 3.05) is 26.4 Å². The summed E-state index contributed by atoms with van der Waals surface area (Å²) in [5.74, 6) is 4.43. The minimum Gasteiger partial charge on any atom is -1.00 e. The van der Waals surface area contributed by atoms with Gasteiger partial charge in [0, 0.05) is 43.5 Å². The number of hydrogen-bond donors (Lipinski definition) is 0. The van der Waals surface area contributed by atoms with Gasteiger partial charge in [0.05, 0.1) is 18.7 Å². The SMILES string of the molecule is CCCCCCCC/C=C\CCCCCCCCOCC(C[N+](Cc1ccccc1)(C1CC(C)CCC1C(C)C)C1CC(C)CCC1C(C)C)OCCCCCCCC/C=C\CCCCCCCC.[I-]. The van der Waals surface area contributed by atoms with Gasteiger partial charge in [-0.1, -0.05) is 226 Å². The van der Waals surface area contributed by atoms with Gasteiger partial charge in [-0.15, -0.1) is 0 Å². The Morgan fingerprint density at radius 2 is 0.886 bits per heavy atom. The molecule has 7 atom stereocenters. The average Bonchev–Trinajstić information content (AvgIpc) is 3.34. The van der Waals surface area contributed by atoms with E-state index in [-0.39, 0.29) is 30.1 Å². The van der Waals surface area contributed by atoms with E-state index in [4.69, 9.17) is 9.47 Å². The first-order valence-electron chi connectivity index (χ1n) is 31.1. The zero-order chi connectivity index (χ0) is 49.6. The molecule has 70 heavy (non-hydrogen) atoms. The maximum atomic E-state index is 7.26. The molecule has 2 saturated carbocycles. The minimum absolute atomic E-state index is 0. The van der Waals surface area contributed by atoms with E-state index in [9.17, 15) is 0 Å². The van der Waals surface area contributed by atoms with Gasteiger partial charge in [-0.3, -0.25) is 0 Å². The molecular weight excluding hydrogens is 966 g/mol. The summed E-state index contributed by atoms with van der Waals surface area (Å²) in [5, 5.41) is 0. The topological polar surface area (TPSA) is 18.5 Å². The fourth-order valence-corrected chi connectivity index (χ4v) is 13.0. The van der Waals surface area contributed by atoms with E-state index in [1.807, 2.05) is 0 Å². The normalized spacial score (nSPS) is 22.3. The second-order valence-electron chi connectivity index (χ2n) is 24.2. The van der Waals surface area contributed by atoms with Crippen molar-refractivity contribution in [1.82, 2.24) is 0 Å². The zero-order valence-corrected chi connectivity index (χ0v) is 50.3. The molecular formula is C66H120INO2. The van der Waals surface area contributed by atoms with E-state index in [1.54, 1.807) is 0 Å². The third kappa shape index (κ3) is 28.3. The Kier molecular flexibility index (Phi) is 39.7. The lowest BCUT2D eigenvalue weighted by Crippen LogP contribution is -3.00. The number of unbranched alkanes of at least 4 members (excludes halogenated alkanes) is 24. The van der Waals surface area contributed by atoms with Gasteiger partial charge < -0.3 is 37.9 Å². The fraction of sp³-hybridized carbons (Fsp3) is 0.848. The Balaban J connectivity index is 0.0000168. The molecule has 0 saturated heterocycles. The summed E-state index contributed by atoms with van der Waals surface area (Å²) in [6.45, 7) is 24.7. The maximum absolute atomic E-state index is 7.26. The molecule has 0 aliphatic heterocycles. The molecule has 0 amide bonds. The van der Waals surface area contributed by atoms with Crippen molar-refractivity contribution in [1.29, 1.82) is 0 Å². The molecule has 0 aromatic heterocycles. The van der Waals surface area contributed by atoms with Crippen LogP contribution in [-0.2, 0) is 16.0 Å². The van der Waals surface area contributed by atoms with Crippen molar-refractivity contribution in [2.24, 2.45) is 35.5 Å². The van der Waals surface area contributed by atoms with Crippen molar-refractivity contribution >= 4 is 0 Å². The van der Waals surface area contributed by atoms with E-state index >= 15 is 0 Å². The first-order chi connectivity index (χ1) is 33.7. The van der Waals surface area contributed by atoms with Crippen LogP contribution < -0.4 is 24.0 Å². The lowest BCUT2D eigenvalue weighted by atomic mass is 9.67. The van der Waals surface area contributed by atoms with E-state index in [0.717, 1.165) is 56.6 Å². The predicted molar refractivity (Wildman–Crippen MR) is 305 cm³/mol. The Hall–Kier alpha value is -0.690. The first kappa shape index (κ1) is 65.4. The molecule has 7 unspecified atom stereocenters. The first-order valence-corrected chi connectivity index (χ1v) is 31.1. The lowest BCUT2D eigenvalue weighted by molar-refractivity contribution is -0.998. The Labute approximate surface area is 455 Å². The largest absolute Gasteiger partial charge is 1.00 e. The van der Waals surface area contributed by atoms with Gasteiger partial charge in [-0.25, -0.2) is 0 Å². The van der Waals surface area contributed by atoms with Crippen LogP contribution in [-0.4, -0.2) is 49.0 Å². The molecule has 1 aromatic carbocycles. The number of nitrogens with zero attached hydrogens (tertiary/aromatic N) is 1. The van der Waals surface area contributed by atoms with E-state index in [1.165, 1.54) is 228 Å². The fourth-order valence-electron chi connectivity index (χ4n) is 13.0. The highest BCUT2D eigenvalue weighted by Gasteiger charge is 2.54.